The average Bonchev–Trinajstić information content (AvgIpc) is 2.92. The molecule has 0 aliphatic carbocycles. The highest BCUT2D eigenvalue weighted by molar-refractivity contribution is 6.32. The number of carbonyl (C=O) groups excluding carboxylic acids is 1. The van der Waals surface area contributed by atoms with Gasteiger partial charge in [-0.1, -0.05) is 11.6 Å². The van der Waals surface area contributed by atoms with Crippen LogP contribution in [0.5, 0.6) is 0 Å². The summed E-state index contributed by atoms with van der Waals surface area (Å²) < 4.78 is 1.76. The monoisotopic (exact) mass is 310 g/mol. The molecule has 2 aromatic rings. The van der Waals surface area contributed by atoms with Crippen LogP contribution in [0, 0.1) is 10.1 Å². The number of halogens is 1. The molecule has 0 aliphatic rings. The lowest BCUT2D eigenvalue weighted by Crippen LogP contribution is -2.25. The molecule has 21 heavy (non-hydrogen) atoms. The van der Waals surface area contributed by atoms with Gasteiger partial charge in [-0.05, 0) is 6.92 Å². The van der Waals surface area contributed by atoms with Crippen LogP contribution >= 0.6 is 11.6 Å². The highest BCUT2D eigenvalue weighted by Crippen LogP contribution is 2.18. The lowest BCUT2D eigenvalue weighted by Gasteiger charge is -2.06. The standard InChI is InChI=1S/C11H11ClN6O3/c1-2-17-6-15-16-9(17)5-14-11(19)8-3-7(18(20)21)4-13-10(8)12/h3-4,6H,2,5H2,1H3,(H,14,19). The molecule has 0 bridgehead atoms. The van der Waals surface area contributed by atoms with E-state index in [9.17, 15) is 14.9 Å². The predicted molar refractivity (Wildman–Crippen MR) is 72.8 cm³/mol. The highest BCUT2D eigenvalue weighted by Gasteiger charge is 2.17. The first-order valence-corrected chi connectivity index (χ1v) is 6.35. The Labute approximate surface area is 124 Å². The lowest BCUT2D eigenvalue weighted by molar-refractivity contribution is -0.385. The van der Waals surface area contributed by atoms with Gasteiger partial charge < -0.3 is 9.88 Å². The van der Waals surface area contributed by atoms with Crippen molar-refractivity contribution < 1.29 is 9.72 Å². The van der Waals surface area contributed by atoms with Crippen LogP contribution in [0.2, 0.25) is 5.15 Å². The van der Waals surface area contributed by atoms with E-state index in [0.717, 1.165) is 12.3 Å². The van der Waals surface area contributed by atoms with Crippen molar-refractivity contribution in [1.82, 2.24) is 25.1 Å². The first-order chi connectivity index (χ1) is 10.0. The minimum atomic E-state index is -0.645. The number of nitro groups is 1. The van der Waals surface area contributed by atoms with Gasteiger partial charge in [-0.2, -0.15) is 0 Å². The van der Waals surface area contributed by atoms with Crippen LogP contribution in [-0.2, 0) is 13.1 Å². The minimum absolute atomic E-state index is 0.0616. The molecule has 10 heteroatoms. The first kappa shape index (κ1) is 14.9. The zero-order chi connectivity index (χ0) is 15.4. The zero-order valence-corrected chi connectivity index (χ0v) is 11.7. The fraction of sp³-hybridized carbons (Fsp3) is 0.273. The van der Waals surface area contributed by atoms with E-state index in [1.807, 2.05) is 6.92 Å². The molecule has 0 aromatic carbocycles. The molecular formula is C11H11ClN6O3. The summed E-state index contributed by atoms with van der Waals surface area (Å²) in [6.07, 6.45) is 2.54. The van der Waals surface area contributed by atoms with Crippen molar-refractivity contribution in [2.24, 2.45) is 0 Å². The number of aryl methyl sites for hydroxylation is 1. The van der Waals surface area contributed by atoms with Gasteiger partial charge in [0.25, 0.3) is 11.6 Å². The van der Waals surface area contributed by atoms with E-state index in [2.05, 4.69) is 20.5 Å². The summed E-state index contributed by atoms with van der Waals surface area (Å²) in [4.78, 5) is 25.7. The summed E-state index contributed by atoms with van der Waals surface area (Å²) in [5.74, 6) is 0.00205. The molecule has 2 heterocycles. The molecule has 0 aliphatic heterocycles. The highest BCUT2D eigenvalue weighted by atomic mass is 35.5. The second-order valence-corrected chi connectivity index (χ2v) is 4.36. The molecule has 1 N–H and O–H groups in total. The maximum Gasteiger partial charge on any atom is 0.288 e. The van der Waals surface area contributed by atoms with Crippen LogP contribution in [0.15, 0.2) is 18.6 Å². The van der Waals surface area contributed by atoms with Crippen molar-refractivity contribution in [3.8, 4) is 0 Å². The SMILES string of the molecule is CCn1cnnc1CNC(=O)c1cc([N+](=O)[O-])cnc1Cl. The van der Waals surface area contributed by atoms with Gasteiger partial charge in [0.1, 0.15) is 17.7 Å². The number of nitrogens with one attached hydrogen (secondary N) is 1. The van der Waals surface area contributed by atoms with Gasteiger partial charge >= 0.3 is 0 Å². The Bertz CT molecular complexity index is 686. The van der Waals surface area contributed by atoms with Crippen LogP contribution in [0.3, 0.4) is 0 Å². The smallest absolute Gasteiger partial charge is 0.288 e. The Balaban J connectivity index is 2.13. The minimum Gasteiger partial charge on any atom is -0.345 e. The molecule has 0 fully saturated rings. The van der Waals surface area contributed by atoms with E-state index in [1.165, 1.54) is 0 Å². The number of hydrogen-bond acceptors (Lipinski definition) is 6. The van der Waals surface area contributed by atoms with Crippen LogP contribution in [-0.4, -0.2) is 30.6 Å². The van der Waals surface area contributed by atoms with Crippen LogP contribution in [0.25, 0.3) is 0 Å². The van der Waals surface area contributed by atoms with Crippen molar-refractivity contribution in [3.05, 3.63) is 45.2 Å². The van der Waals surface area contributed by atoms with Crippen molar-refractivity contribution in [2.75, 3.05) is 0 Å². The quantitative estimate of drug-likeness (QED) is 0.503. The summed E-state index contributed by atoms with van der Waals surface area (Å²) in [7, 11) is 0. The van der Waals surface area contributed by atoms with Gasteiger partial charge in [-0.25, -0.2) is 4.98 Å². The first-order valence-electron chi connectivity index (χ1n) is 5.97. The normalized spacial score (nSPS) is 10.4. The summed E-state index contributed by atoms with van der Waals surface area (Å²) in [6.45, 7) is 2.71. The Hall–Kier alpha value is -2.55. The van der Waals surface area contributed by atoms with Gasteiger partial charge in [-0.3, -0.25) is 14.9 Å². The van der Waals surface area contributed by atoms with Gasteiger partial charge in [0.2, 0.25) is 0 Å². The summed E-state index contributed by atoms with van der Waals surface area (Å²) >= 11 is 5.79. The van der Waals surface area contributed by atoms with Crippen LogP contribution < -0.4 is 5.32 Å². The second kappa shape index (κ2) is 6.27. The van der Waals surface area contributed by atoms with E-state index >= 15 is 0 Å². The van der Waals surface area contributed by atoms with Crippen LogP contribution in [0.4, 0.5) is 5.69 Å². The van der Waals surface area contributed by atoms with E-state index in [1.54, 1.807) is 10.9 Å². The third-order valence-corrected chi connectivity index (χ3v) is 3.02. The molecule has 1 amide bonds. The Kier molecular flexibility index (Phi) is 4.43. The largest absolute Gasteiger partial charge is 0.345 e. The number of nitrogens with zero attached hydrogens (tertiary/aromatic N) is 5. The molecule has 0 saturated heterocycles. The van der Waals surface area contributed by atoms with Crippen molar-refractivity contribution in [3.63, 3.8) is 0 Å². The molecule has 0 unspecified atom stereocenters. The molecule has 0 radical (unpaired) electrons. The topological polar surface area (TPSA) is 116 Å². The predicted octanol–water partition coefficient (Wildman–Crippen LogP) is 1.18. The Morgan fingerprint density at radius 2 is 2.33 bits per heavy atom. The molecule has 0 spiro atoms. The van der Waals surface area contributed by atoms with Crippen molar-refractivity contribution in [1.29, 1.82) is 0 Å². The second-order valence-electron chi connectivity index (χ2n) is 4.00. The van der Waals surface area contributed by atoms with E-state index in [4.69, 9.17) is 11.6 Å². The fourth-order valence-corrected chi connectivity index (χ4v) is 1.82. The third kappa shape index (κ3) is 3.31. The Morgan fingerprint density at radius 1 is 1.57 bits per heavy atom. The molecule has 9 nitrogen and oxygen atoms in total. The number of hydrogen-bond donors (Lipinski definition) is 1. The van der Waals surface area contributed by atoms with Gasteiger partial charge in [0.05, 0.1) is 17.0 Å². The summed E-state index contributed by atoms with van der Waals surface area (Å²) in [5.41, 5.74) is -0.366. The van der Waals surface area contributed by atoms with E-state index in [-0.39, 0.29) is 22.9 Å². The molecule has 2 aromatic heterocycles. The summed E-state index contributed by atoms with van der Waals surface area (Å²) in [6, 6.07) is 1.08. The summed E-state index contributed by atoms with van der Waals surface area (Å²) in [5, 5.41) is 20.8. The number of amides is 1. The molecule has 0 saturated carbocycles. The number of carbonyl (C=O) groups is 1. The maximum absolute atomic E-state index is 12.0. The fourth-order valence-electron chi connectivity index (χ4n) is 1.63. The number of pyridine rings is 1. The molecular weight excluding hydrogens is 300 g/mol. The number of rotatable bonds is 5. The molecule has 0 atom stereocenters. The van der Waals surface area contributed by atoms with Gasteiger partial charge in [-0.15, -0.1) is 10.2 Å². The Morgan fingerprint density at radius 3 is 3.00 bits per heavy atom. The third-order valence-electron chi connectivity index (χ3n) is 2.72. The maximum atomic E-state index is 12.0. The lowest BCUT2D eigenvalue weighted by atomic mass is 10.2. The number of aromatic nitrogens is 4. The van der Waals surface area contributed by atoms with Gasteiger partial charge in [0, 0.05) is 12.6 Å². The molecule has 2 rings (SSSR count). The van der Waals surface area contributed by atoms with E-state index < -0.39 is 10.8 Å². The van der Waals surface area contributed by atoms with Crippen molar-refractivity contribution >= 4 is 23.2 Å². The average molecular weight is 311 g/mol. The van der Waals surface area contributed by atoms with Crippen molar-refractivity contribution in [2.45, 2.75) is 20.0 Å². The van der Waals surface area contributed by atoms with Crippen LogP contribution in [0.1, 0.15) is 23.1 Å². The molecule has 110 valence electrons. The van der Waals surface area contributed by atoms with E-state index in [0.29, 0.717) is 12.4 Å². The van der Waals surface area contributed by atoms with Gasteiger partial charge in [0.15, 0.2) is 5.82 Å². The zero-order valence-electron chi connectivity index (χ0n) is 11.0.